The summed E-state index contributed by atoms with van der Waals surface area (Å²) in [6.07, 6.45) is 2.00. The lowest BCUT2D eigenvalue weighted by Gasteiger charge is -2.02. The molecule has 0 atom stereocenters. The van der Waals surface area contributed by atoms with Gasteiger partial charge in [0.15, 0.2) is 5.82 Å². The molecule has 0 aliphatic carbocycles. The van der Waals surface area contributed by atoms with Crippen LogP contribution in [0.4, 0.5) is 0 Å². The second kappa shape index (κ2) is 5.88. The van der Waals surface area contributed by atoms with Crippen LogP contribution in [0.3, 0.4) is 0 Å². The number of halogens is 2. The maximum Gasteiger partial charge on any atom is 0.250 e. The van der Waals surface area contributed by atoms with E-state index in [1.54, 1.807) is 18.1 Å². The van der Waals surface area contributed by atoms with Crippen molar-refractivity contribution in [1.82, 2.24) is 19.5 Å². The highest BCUT2D eigenvalue weighted by atomic mass is 79.9. The van der Waals surface area contributed by atoms with Crippen molar-refractivity contribution < 1.29 is 8.42 Å². The summed E-state index contributed by atoms with van der Waals surface area (Å²) >= 11 is 10.1. The lowest BCUT2D eigenvalue weighted by atomic mass is 10.4. The van der Waals surface area contributed by atoms with E-state index in [4.69, 9.17) is 11.6 Å². The van der Waals surface area contributed by atoms with Gasteiger partial charge in [0.25, 0.3) is 0 Å². The van der Waals surface area contributed by atoms with Crippen molar-refractivity contribution in [3.05, 3.63) is 27.0 Å². The minimum Gasteiger partial charge on any atom is -0.256 e. The first-order valence-corrected chi connectivity index (χ1v) is 8.64. The molecule has 0 saturated carbocycles. The molecule has 0 saturated heterocycles. The topological polar surface area (TPSA) is 76.9 Å². The third-order valence-corrected chi connectivity index (χ3v) is 6.58. The molecule has 0 aromatic carbocycles. The molecule has 104 valence electrons. The van der Waals surface area contributed by atoms with Crippen LogP contribution < -0.4 is 4.72 Å². The lowest BCUT2D eigenvalue weighted by Crippen LogP contribution is -2.25. The first kappa shape index (κ1) is 14.9. The molecule has 2 rings (SSSR count). The molecule has 2 heterocycles. The van der Waals surface area contributed by atoms with Gasteiger partial charge in [-0.15, -0.1) is 11.3 Å². The summed E-state index contributed by atoms with van der Waals surface area (Å²) in [6, 6.07) is 1.41. The predicted octanol–water partition coefficient (Wildman–Crippen LogP) is 1.81. The van der Waals surface area contributed by atoms with Gasteiger partial charge in [-0.25, -0.2) is 18.1 Å². The largest absolute Gasteiger partial charge is 0.256 e. The number of sulfonamides is 1. The van der Waals surface area contributed by atoms with Gasteiger partial charge in [0, 0.05) is 20.0 Å². The van der Waals surface area contributed by atoms with Crippen molar-refractivity contribution >= 4 is 48.9 Å². The van der Waals surface area contributed by atoms with Gasteiger partial charge in [0.2, 0.25) is 10.0 Å². The number of thiophene rings is 1. The fourth-order valence-corrected chi connectivity index (χ4v) is 4.80. The van der Waals surface area contributed by atoms with Gasteiger partial charge in [-0.2, -0.15) is 5.10 Å². The Kier molecular flexibility index (Phi) is 4.62. The predicted molar refractivity (Wildman–Crippen MR) is 76.9 cm³/mol. The van der Waals surface area contributed by atoms with Crippen LogP contribution in [0.25, 0.3) is 0 Å². The second-order valence-electron chi connectivity index (χ2n) is 3.67. The Morgan fingerprint density at radius 1 is 1.58 bits per heavy atom. The third-order valence-electron chi connectivity index (χ3n) is 2.18. The van der Waals surface area contributed by atoms with Crippen molar-refractivity contribution in [3.8, 4) is 0 Å². The summed E-state index contributed by atoms with van der Waals surface area (Å²) in [7, 11) is -1.78. The fraction of sp³-hybridized carbons (Fsp3) is 0.333. The Morgan fingerprint density at radius 3 is 2.84 bits per heavy atom. The van der Waals surface area contributed by atoms with E-state index in [0.717, 1.165) is 11.3 Å². The standard InChI is InChI=1S/C9H10BrClN4O2S2/c1-15-5-12-7(14-15)2-3-13-19(16,17)8-4-6(11)9(10)18-8/h4-5,13H,2-3H2,1H3. The highest BCUT2D eigenvalue weighted by molar-refractivity contribution is 9.11. The monoisotopic (exact) mass is 384 g/mol. The quantitative estimate of drug-likeness (QED) is 0.851. The van der Waals surface area contributed by atoms with E-state index in [9.17, 15) is 8.42 Å². The summed E-state index contributed by atoms with van der Waals surface area (Å²) in [6.45, 7) is 0.236. The van der Waals surface area contributed by atoms with Crippen molar-refractivity contribution in [3.63, 3.8) is 0 Å². The Bertz CT molecular complexity index is 663. The van der Waals surface area contributed by atoms with Crippen LogP contribution in [0.1, 0.15) is 5.82 Å². The van der Waals surface area contributed by atoms with E-state index in [1.807, 2.05) is 0 Å². The lowest BCUT2D eigenvalue weighted by molar-refractivity contribution is 0.582. The van der Waals surface area contributed by atoms with Crippen LogP contribution in [-0.2, 0) is 23.5 Å². The van der Waals surface area contributed by atoms with Crippen molar-refractivity contribution in [1.29, 1.82) is 0 Å². The van der Waals surface area contributed by atoms with Crippen molar-refractivity contribution in [2.24, 2.45) is 7.05 Å². The summed E-state index contributed by atoms with van der Waals surface area (Å²) in [5.41, 5.74) is 0. The van der Waals surface area contributed by atoms with E-state index in [0.29, 0.717) is 21.1 Å². The number of nitrogens with zero attached hydrogens (tertiary/aromatic N) is 3. The van der Waals surface area contributed by atoms with Crippen LogP contribution in [0, 0.1) is 0 Å². The van der Waals surface area contributed by atoms with Gasteiger partial charge in [0.05, 0.1) is 8.81 Å². The molecule has 0 spiro atoms. The van der Waals surface area contributed by atoms with E-state index in [-0.39, 0.29) is 10.8 Å². The third kappa shape index (κ3) is 3.76. The molecule has 0 unspecified atom stereocenters. The maximum atomic E-state index is 12.0. The Morgan fingerprint density at radius 2 is 2.32 bits per heavy atom. The SMILES string of the molecule is Cn1cnc(CCNS(=O)(=O)c2cc(Cl)c(Br)s2)n1. The summed E-state index contributed by atoms with van der Waals surface area (Å²) in [4.78, 5) is 4.02. The maximum absolute atomic E-state index is 12.0. The summed E-state index contributed by atoms with van der Waals surface area (Å²) in [5.74, 6) is 0.593. The highest BCUT2D eigenvalue weighted by Gasteiger charge is 2.18. The molecule has 0 amide bonds. The van der Waals surface area contributed by atoms with E-state index in [2.05, 4.69) is 30.7 Å². The average molecular weight is 386 g/mol. The van der Waals surface area contributed by atoms with Gasteiger partial charge in [-0.3, -0.25) is 4.68 Å². The van der Waals surface area contributed by atoms with Gasteiger partial charge in [-0.1, -0.05) is 11.6 Å². The van der Waals surface area contributed by atoms with Gasteiger partial charge in [0.1, 0.15) is 10.5 Å². The molecule has 0 radical (unpaired) electrons. The van der Waals surface area contributed by atoms with Crippen LogP contribution in [0.5, 0.6) is 0 Å². The molecule has 10 heteroatoms. The molecular weight excluding hydrogens is 376 g/mol. The molecule has 0 aliphatic rings. The molecule has 1 N–H and O–H groups in total. The molecule has 2 aromatic rings. The Balaban J connectivity index is 1.98. The molecule has 6 nitrogen and oxygen atoms in total. The highest BCUT2D eigenvalue weighted by Crippen LogP contribution is 2.34. The fourth-order valence-electron chi connectivity index (χ4n) is 1.33. The molecular formula is C9H10BrClN4O2S2. The van der Waals surface area contributed by atoms with Gasteiger partial charge in [-0.05, 0) is 22.0 Å². The summed E-state index contributed by atoms with van der Waals surface area (Å²) in [5, 5.41) is 4.45. The Hall–Kier alpha value is -0.480. The Labute approximate surface area is 128 Å². The zero-order chi connectivity index (χ0) is 14.0. The zero-order valence-electron chi connectivity index (χ0n) is 9.80. The van der Waals surface area contributed by atoms with Crippen LogP contribution in [0.2, 0.25) is 5.02 Å². The zero-order valence-corrected chi connectivity index (χ0v) is 13.8. The molecule has 0 bridgehead atoms. The van der Waals surface area contributed by atoms with Gasteiger partial charge < -0.3 is 0 Å². The van der Waals surface area contributed by atoms with Crippen molar-refractivity contribution in [2.75, 3.05) is 6.54 Å². The summed E-state index contributed by atoms with van der Waals surface area (Å²) < 4.78 is 28.8. The number of nitrogens with one attached hydrogen (secondary N) is 1. The van der Waals surface area contributed by atoms with E-state index < -0.39 is 10.0 Å². The molecule has 0 aliphatic heterocycles. The van der Waals surface area contributed by atoms with Crippen molar-refractivity contribution in [2.45, 2.75) is 10.6 Å². The molecule has 0 fully saturated rings. The number of hydrogen-bond acceptors (Lipinski definition) is 5. The van der Waals surface area contributed by atoms with E-state index >= 15 is 0 Å². The second-order valence-corrected chi connectivity index (χ2v) is 8.44. The number of aromatic nitrogens is 3. The van der Waals surface area contributed by atoms with Crippen LogP contribution in [0.15, 0.2) is 20.4 Å². The number of hydrogen-bond donors (Lipinski definition) is 1. The van der Waals surface area contributed by atoms with E-state index in [1.165, 1.54) is 6.07 Å². The average Bonchev–Trinajstić information content (AvgIpc) is 2.87. The minimum atomic E-state index is -3.53. The number of rotatable bonds is 5. The number of aryl methyl sites for hydroxylation is 1. The molecule has 2 aromatic heterocycles. The normalized spacial score (nSPS) is 11.9. The minimum absolute atomic E-state index is 0.179. The first-order valence-electron chi connectivity index (χ1n) is 5.17. The smallest absolute Gasteiger partial charge is 0.250 e. The van der Waals surface area contributed by atoms with Crippen LogP contribution in [-0.4, -0.2) is 29.7 Å². The van der Waals surface area contributed by atoms with Crippen LogP contribution >= 0.6 is 38.9 Å². The first-order chi connectivity index (χ1) is 8.88. The molecule has 19 heavy (non-hydrogen) atoms. The van der Waals surface area contributed by atoms with Gasteiger partial charge >= 0.3 is 0 Å².